The Kier molecular flexibility index (Phi) is 5.50. The van der Waals surface area contributed by atoms with Gasteiger partial charge in [-0.25, -0.2) is 0 Å². The Bertz CT molecular complexity index is 621. The minimum absolute atomic E-state index is 0.0800. The van der Waals surface area contributed by atoms with Crippen LogP contribution in [-0.4, -0.2) is 24.7 Å². The Hall–Kier alpha value is -0.960. The van der Waals surface area contributed by atoms with Crippen molar-refractivity contribution in [3.05, 3.63) is 34.4 Å². The van der Waals surface area contributed by atoms with Gasteiger partial charge in [0.15, 0.2) is 5.78 Å². The molecule has 0 amide bonds. The summed E-state index contributed by atoms with van der Waals surface area (Å²) in [7, 11) is -2.11. The fourth-order valence-corrected chi connectivity index (χ4v) is 6.14. The number of hydrogen-bond donors (Lipinski definition) is 0. The molecule has 1 aromatic carbocycles. The number of carbonyl (C=O) groups is 1. The molecule has 4 nitrogen and oxygen atoms in total. The lowest BCUT2D eigenvalue weighted by molar-refractivity contribution is 0.0908. The van der Waals surface area contributed by atoms with Gasteiger partial charge in [-0.3, -0.25) is 9.36 Å². The van der Waals surface area contributed by atoms with Gasteiger partial charge < -0.3 is 9.05 Å². The van der Waals surface area contributed by atoms with Crippen LogP contribution in [0.2, 0.25) is 0 Å². The first-order chi connectivity index (χ1) is 10.8. The molecule has 5 heteroatoms. The monoisotopic (exact) mass is 338 g/mol. The van der Waals surface area contributed by atoms with Gasteiger partial charge in [-0.15, -0.1) is 0 Å². The molecule has 0 heterocycles. The molecule has 0 bridgehead atoms. The fraction of sp³-hybridized carbons (Fsp3) is 0.611. The second-order valence-corrected chi connectivity index (χ2v) is 8.91. The lowest BCUT2D eigenvalue weighted by Crippen LogP contribution is -2.38. The maximum absolute atomic E-state index is 13.5. The summed E-state index contributed by atoms with van der Waals surface area (Å²) in [6, 6.07) is 4.00. The Morgan fingerprint density at radius 1 is 1.17 bits per heavy atom. The predicted molar refractivity (Wildman–Crippen MR) is 92.4 cm³/mol. The van der Waals surface area contributed by atoms with Crippen molar-refractivity contribution in [1.29, 1.82) is 0 Å². The summed E-state index contributed by atoms with van der Waals surface area (Å²) in [4.78, 5) is 13.5. The number of hydrogen-bond acceptors (Lipinski definition) is 4. The van der Waals surface area contributed by atoms with Gasteiger partial charge in [-0.2, -0.15) is 0 Å². The van der Waals surface area contributed by atoms with Crippen LogP contribution in [0.5, 0.6) is 0 Å². The van der Waals surface area contributed by atoms with E-state index in [4.69, 9.17) is 9.05 Å². The van der Waals surface area contributed by atoms with E-state index >= 15 is 0 Å². The largest absolute Gasteiger partial charge is 0.344 e. The zero-order chi connectivity index (χ0) is 17.3. The minimum atomic E-state index is -3.50. The molecule has 0 radical (unpaired) electrons. The van der Waals surface area contributed by atoms with Crippen LogP contribution in [0.25, 0.3) is 0 Å². The Balaban J connectivity index is 2.59. The molecule has 0 saturated heterocycles. The van der Waals surface area contributed by atoms with Crippen molar-refractivity contribution in [2.45, 2.75) is 58.5 Å². The normalized spacial score (nSPS) is 19.5. The molecule has 1 aliphatic rings. The molecule has 0 spiro atoms. The van der Waals surface area contributed by atoms with Crippen LogP contribution in [0.3, 0.4) is 0 Å². The standard InChI is InChI=1S/C18H27O4P/c1-6-22-23(20,21-5)18(9-7-8-10-18)17(19)16-14(3)11-13(2)12-15(16)4/h11-12H,6-10H2,1-5H3. The first-order valence-electron chi connectivity index (χ1n) is 8.24. The van der Waals surface area contributed by atoms with Crippen molar-refractivity contribution in [2.75, 3.05) is 13.7 Å². The van der Waals surface area contributed by atoms with Crippen molar-refractivity contribution < 1.29 is 18.4 Å². The van der Waals surface area contributed by atoms with Crippen molar-refractivity contribution in [1.82, 2.24) is 0 Å². The van der Waals surface area contributed by atoms with Crippen LogP contribution >= 0.6 is 7.60 Å². The van der Waals surface area contributed by atoms with Crippen LogP contribution < -0.4 is 0 Å². The molecular formula is C18H27O4P. The van der Waals surface area contributed by atoms with Crippen LogP contribution in [0.4, 0.5) is 0 Å². The van der Waals surface area contributed by atoms with E-state index in [-0.39, 0.29) is 12.4 Å². The van der Waals surface area contributed by atoms with E-state index in [2.05, 4.69) is 0 Å². The van der Waals surface area contributed by atoms with Crippen molar-refractivity contribution in [3.8, 4) is 0 Å². The first kappa shape index (κ1) is 18.4. The third-order valence-electron chi connectivity index (χ3n) is 4.82. The Morgan fingerprint density at radius 2 is 1.70 bits per heavy atom. The topological polar surface area (TPSA) is 52.6 Å². The van der Waals surface area contributed by atoms with E-state index in [1.54, 1.807) is 6.92 Å². The molecule has 1 aromatic rings. The van der Waals surface area contributed by atoms with Gasteiger partial charge in [0.2, 0.25) is 0 Å². The number of carbonyl (C=O) groups excluding carboxylic acids is 1. The van der Waals surface area contributed by atoms with E-state index in [0.717, 1.165) is 29.5 Å². The Morgan fingerprint density at radius 3 is 2.13 bits per heavy atom. The second-order valence-electron chi connectivity index (χ2n) is 6.44. The van der Waals surface area contributed by atoms with Crippen LogP contribution in [-0.2, 0) is 13.6 Å². The van der Waals surface area contributed by atoms with E-state index in [1.165, 1.54) is 7.11 Å². The van der Waals surface area contributed by atoms with Gasteiger partial charge in [0.1, 0.15) is 5.16 Å². The average molecular weight is 338 g/mol. The molecule has 1 aliphatic carbocycles. The van der Waals surface area contributed by atoms with E-state index in [0.29, 0.717) is 18.4 Å². The maximum atomic E-state index is 13.5. The zero-order valence-electron chi connectivity index (χ0n) is 14.8. The van der Waals surface area contributed by atoms with Gasteiger partial charge in [0.05, 0.1) is 6.61 Å². The highest BCUT2D eigenvalue weighted by Gasteiger charge is 2.57. The lowest BCUT2D eigenvalue weighted by atomic mass is 9.88. The van der Waals surface area contributed by atoms with E-state index in [9.17, 15) is 9.36 Å². The van der Waals surface area contributed by atoms with E-state index in [1.807, 2.05) is 32.9 Å². The molecule has 23 heavy (non-hydrogen) atoms. The number of Topliss-reactive ketones (excluding diaryl/α,β-unsaturated/α-hetero) is 1. The van der Waals surface area contributed by atoms with Gasteiger partial charge in [-0.05, 0) is 51.7 Å². The molecule has 0 N–H and O–H groups in total. The minimum Gasteiger partial charge on any atom is -0.311 e. The smallest absolute Gasteiger partial charge is 0.311 e. The molecule has 1 atom stereocenters. The fourth-order valence-electron chi connectivity index (χ4n) is 3.88. The molecule has 1 unspecified atom stereocenters. The van der Waals surface area contributed by atoms with Gasteiger partial charge in [-0.1, -0.05) is 30.5 Å². The molecular weight excluding hydrogens is 311 g/mol. The van der Waals surface area contributed by atoms with Gasteiger partial charge in [0, 0.05) is 12.7 Å². The second kappa shape index (κ2) is 6.88. The molecule has 1 fully saturated rings. The zero-order valence-corrected chi connectivity index (χ0v) is 15.7. The molecule has 0 aromatic heterocycles. The van der Waals surface area contributed by atoms with Crippen LogP contribution in [0, 0.1) is 20.8 Å². The SMILES string of the molecule is CCOP(=O)(OC)C1(C(=O)c2c(C)cc(C)cc2C)CCCC1. The quantitative estimate of drug-likeness (QED) is 0.542. The summed E-state index contributed by atoms with van der Waals surface area (Å²) in [5.74, 6) is -0.0800. The first-order valence-corrected chi connectivity index (χ1v) is 9.78. The third-order valence-corrected chi connectivity index (χ3v) is 7.60. The number of benzene rings is 1. The summed E-state index contributed by atoms with van der Waals surface area (Å²) in [5, 5.41) is -1.04. The highest BCUT2D eigenvalue weighted by Crippen LogP contribution is 2.66. The highest BCUT2D eigenvalue weighted by molar-refractivity contribution is 7.57. The van der Waals surface area contributed by atoms with Crippen molar-refractivity contribution in [2.24, 2.45) is 0 Å². The third kappa shape index (κ3) is 3.05. The summed E-state index contributed by atoms with van der Waals surface area (Å²) in [5.41, 5.74) is 3.65. The summed E-state index contributed by atoms with van der Waals surface area (Å²) in [6.45, 7) is 7.94. The number of aryl methyl sites for hydroxylation is 3. The molecule has 1 saturated carbocycles. The van der Waals surface area contributed by atoms with Crippen molar-refractivity contribution in [3.63, 3.8) is 0 Å². The van der Waals surface area contributed by atoms with Crippen LogP contribution in [0.15, 0.2) is 12.1 Å². The molecule has 2 rings (SSSR count). The highest BCUT2D eigenvalue weighted by atomic mass is 31.2. The van der Waals surface area contributed by atoms with Gasteiger partial charge >= 0.3 is 7.60 Å². The van der Waals surface area contributed by atoms with Crippen LogP contribution in [0.1, 0.15) is 59.7 Å². The molecule has 0 aliphatic heterocycles. The summed E-state index contributed by atoms with van der Waals surface area (Å²) >= 11 is 0. The number of rotatable bonds is 6. The average Bonchev–Trinajstić information content (AvgIpc) is 2.97. The predicted octanol–water partition coefficient (Wildman–Crippen LogP) is 4.98. The van der Waals surface area contributed by atoms with E-state index < -0.39 is 12.8 Å². The lowest BCUT2D eigenvalue weighted by Gasteiger charge is -2.34. The summed E-state index contributed by atoms with van der Waals surface area (Å²) in [6.07, 6.45) is 2.86. The summed E-state index contributed by atoms with van der Waals surface area (Å²) < 4.78 is 24.2. The molecule has 128 valence electrons. The van der Waals surface area contributed by atoms with Crippen molar-refractivity contribution >= 4 is 13.4 Å². The Labute approximate surface area is 139 Å². The maximum Gasteiger partial charge on any atom is 0.344 e. The number of ketones is 1. The van der Waals surface area contributed by atoms with Gasteiger partial charge in [0.25, 0.3) is 0 Å².